The summed E-state index contributed by atoms with van der Waals surface area (Å²) in [6.07, 6.45) is 3.55. The number of aromatic amines is 1. The second-order valence-electron chi connectivity index (χ2n) is 5.96. The van der Waals surface area contributed by atoms with Crippen molar-refractivity contribution in [3.05, 3.63) is 54.9 Å². The van der Waals surface area contributed by atoms with E-state index in [2.05, 4.69) is 20.3 Å². The zero-order chi connectivity index (χ0) is 17.5. The number of aromatic nitrogens is 3. The monoisotopic (exact) mass is 345 g/mol. The summed E-state index contributed by atoms with van der Waals surface area (Å²) in [6, 6.07) is 13.7. The molecule has 7 nitrogen and oxygen atoms in total. The fraction of sp³-hybridized carbons (Fsp3) is 0.0526. The molecule has 1 aliphatic rings. The number of H-pyrrole nitrogens is 1. The molecule has 7 heteroatoms. The largest absolute Gasteiger partial charge is 0.454 e. The minimum Gasteiger partial charge on any atom is -0.454 e. The molecule has 2 aromatic carbocycles. The van der Waals surface area contributed by atoms with Crippen molar-refractivity contribution in [3.63, 3.8) is 0 Å². The van der Waals surface area contributed by atoms with Gasteiger partial charge in [0.1, 0.15) is 0 Å². The number of nitrogen functional groups attached to an aromatic ring is 1. The maximum atomic E-state index is 6.01. The second-order valence-corrected chi connectivity index (χ2v) is 5.96. The standard InChI is InChI=1S/C19H15N5O2/c20-18-19(23-13-2-3-14-12(7-13)5-6-21-14)24-15(9-22-18)11-1-4-16-17(8-11)26-10-25-16/h1-9,21H,10H2,(H2,20,22)(H,23,24). The minimum absolute atomic E-state index is 0.237. The van der Waals surface area contributed by atoms with E-state index in [0.29, 0.717) is 23.1 Å². The van der Waals surface area contributed by atoms with Crippen LogP contribution in [0.1, 0.15) is 0 Å². The van der Waals surface area contributed by atoms with Gasteiger partial charge in [-0.2, -0.15) is 0 Å². The van der Waals surface area contributed by atoms with Crippen molar-refractivity contribution in [2.45, 2.75) is 0 Å². The summed E-state index contributed by atoms with van der Waals surface area (Å²) in [7, 11) is 0. The van der Waals surface area contributed by atoms with E-state index in [1.807, 2.05) is 48.7 Å². The van der Waals surface area contributed by atoms with E-state index in [9.17, 15) is 0 Å². The number of rotatable bonds is 3. The quantitative estimate of drug-likeness (QED) is 0.524. The fourth-order valence-corrected chi connectivity index (χ4v) is 2.95. The molecule has 0 saturated heterocycles. The molecule has 4 aromatic rings. The summed E-state index contributed by atoms with van der Waals surface area (Å²) in [6.45, 7) is 0.237. The first-order chi connectivity index (χ1) is 12.8. The molecule has 26 heavy (non-hydrogen) atoms. The van der Waals surface area contributed by atoms with Crippen LogP contribution in [0.5, 0.6) is 11.5 Å². The molecule has 0 unspecified atom stereocenters. The molecule has 2 aromatic heterocycles. The highest BCUT2D eigenvalue weighted by atomic mass is 16.7. The first-order valence-electron chi connectivity index (χ1n) is 8.13. The van der Waals surface area contributed by atoms with Crippen molar-refractivity contribution >= 4 is 28.2 Å². The summed E-state index contributed by atoms with van der Waals surface area (Å²) in [5.74, 6) is 2.28. The van der Waals surface area contributed by atoms with Crippen molar-refractivity contribution in [3.8, 4) is 22.8 Å². The first kappa shape index (κ1) is 14.6. The Kier molecular flexibility index (Phi) is 3.18. The van der Waals surface area contributed by atoms with Crippen LogP contribution in [-0.4, -0.2) is 21.7 Å². The zero-order valence-corrected chi connectivity index (χ0v) is 13.7. The summed E-state index contributed by atoms with van der Waals surface area (Å²) < 4.78 is 10.8. The number of fused-ring (bicyclic) bond motifs is 2. The Bertz CT molecular complexity index is 1120. The molecule has 0 atom stereocenters. The lowest BCUT2D eigenvalue weighted by Crippen LogP contribution is -2.02. The molecule has 0 radical (unpaired) electrons. The van der Waals surface area contributed by atoms with Crippen molar-refractivity contribution < 1.29 is 9.47 Å². The van der Waals surface area contributed by atoms with E-state index in [0.717, 1.165) is 27.9 Å². The van der Waals surface area contributed by atoms with E-state index in [1.54, 1.807) is 6.20 Å². The van der Waals surface area contributed by atoms with Crippen molar-refractivity contribution in [1.29, 1.82) is 0 Å². The first-order valence-corrected chi connectivity index (χ1v) is 8.13. The van der Waals surface area contributed by atoms with Gasteiger partial charge < -0.3 is 25.5 Å². The summed E-state index contributed by atoms with van der Waals surface area (Å²) in [4.78, 5) is 12.1. The van der Waals surface area contributed by atoms with Gasteiger partial charge in [0.25, 0.3) is 0 Å². The lowest BCUT2D eigenvalue weighted by molar-refractivity contribution is 0.174. The van der Waals surface area contributed by atoms with E-state index in [1.165, 1.54) is 0 Å². The van der Waals surface area contributed by atoms with Gasteiger partial charge in [0.15, 0.2) is 23.1 Å². The van der Waals surface area contributed by atoms with Crippen LogP contribution < -0.4 is 20.5 Å². The van der Waals surface area contributed by atoms with Crippen LogP contribution in [-0.2, 0) is 0 Å². The topological polar surface area (TPSA) is 98.1 Å². The molecule has 0 amide bonds. The van der Waals surface area contributed by atoms with Crippen molar-refractivity contribution in [1.82, 2.24) is 15.0 Å². The molecule has 0 fully saturated rings. The number of nitrogens with zero attached hydrogens (tertiary/aromatic N) is 2. The fourth-order valence-electron chi connectivity index (χ4n) is 2.95. The predicted molar refractivity (Wildman–Crippen MR) is 99.6 cm³/mol. The molecule has 0 spiro atoms. The number of ether oxygens (including phenoxy) is 2. The number of anilines is 3. The van der Waals surface area contributed by atoms with Crippen LogP contribution in [0.25, 0.3) is 22.2 Å². The lowest BCUT2D eigenvalue weighted by atomic mass is 10.1. The molecule has 0 saturated carbocycles. The Balaban J connectivity index is 1.50. The highest BCUT2D eigenvalue weighted by molar-refractivity contribution is 5.84. The van der Waals surface area contributed by atoms with Crippen LogP contribution in [0.4, 0.5) is 17.3 Å². The molecule has 0 aliphatic carbocycles. The summed E-state index contributed by atoms with van der Waals surface area (Å²) >= 11 is 0. The van der Waals surface area contributed by atoms with Gasteiger partial charge in [-0.25, -0.2) is 9.97 Å². The second kappa shape index (κ2) is 5.66. The number of hydrogen-bond acceptors (Lipinski definition) is 6. The van der Waals surface area contributed by atoms with Gasteiger partial charge in [0.05, 0.1) is 11.9 Å². The number of nitrogens with one attached hydrogen (secondary N) is 2. The van der Waals surface area contributed by atoms with Gasteiger partial charge in [-0.05, 0) is 42.5 Å². The Morgan fingerprint density at radius 2 is 1.96 bits per heavy atom. The average molecular weight is 345 g/mol. The van der Waals surface area contributed by atoms with Crippen LogP contribution in [0, 0.1) is 0 Å². The Morgan fingerprint density at radius 3 is 2.92 bits per heavy atom. The Morgan fingerprint density at radius 1 is 1.04 bits per heavy atom. The highest BCUT2D eigenvalue weighted by Gasteiger charge is 2.15. The van der Waals surface area contributed by atoms with Gasteiger partial charge in [0, 0.05) is 28.4 Å². The third-order valence-corrected chi connectivity index (χ3v) is 4.29. The van der Waals surface area contributed by atoms with E-state index in [4.69, 9.17) is 15.2 Å². The van der Waals surface area contributed by atoms with Gasteiger partial charge in [-0.15, -0.1) is 0 Å². The Labute approximate surface area is 148 Å². The smallest absolute Gasteiger partial charge is 0.231 e. The van der Waals surface area contributed by atoms with Gasteiger partial charge >= 0.3 is 0 Å². The molecule has 1 aliphatic heterocycles. The van der Waals surface area contributed by atoms with Crippen LogP contribution in [0.2, 0.25) is 0 Å². The van der Waals surface area contributed by atoms with Crippen LogP contribution >= 0.6 is 0 Å². The van der Waals surface area contributed by atoms with Gasteiger partial charge in [-0.3, -0.25) is 0 Å². The van der Waals surface area contributed by atoms with E-state index >= 15 is 0 Å². The number of benzene rings is 2. The Hall–Kier alpha value is -3.74. The zero-order valence-electron chi connectivity index (χ0n) is 13.7. The van der Waals surface area contributed by atoms with Gasteiger partial charge in [0.2, 0.25) is 6.79 Å². The number of nitrogens with two attached hydrogens (primary N) is 1. The van der Waals surface area contributed by atoms with E-state index in [-0.39, 0.29) is 6.79 Å². The average Bonchev–Trinajstić information content (AvgIpc) is 3.31. The minimum atomic E-state index is 0.237. The van der Waals surface area contributed by atoms with Gasteiger partial charge in [-0.1, -0.05) is 0 Å². The molecule has 128 valence electrons. The third-order valence-electron chi connectivity index (χ3n) is 4.29. The molecular weight excluding hydrogens is 330 g/mol. The predicted octanol–water partition coefficient (Wildman–Crippen LogP) is 3.68. The van der Waals surface area contributed by atoms with Crippen LogP contribution in [0.15, 0.2) is 54.9 Å². The van der Waals surface area contributed by atoms with Crippen LogP contribution in [0.3, 0.4) is 0 Å². The molecule has 4 N–H and O–H groups in total. The maximum Gasteiger partial charge on any atom is 0.231 e. The molecule has 3 heterocycles. The molecule has 5 rings (SSSR count). The van der Waals surface area contributed by atoms with E-state index < -0.39 is 0 Å². The van der Waals surface area contributed by atoms with Crippen molar-refractivity contribution in [2.24, 2.45) is 0 Å². The summed E-state index contributed by atoms with van der Waals surface area (Å²) in [5, 5.41) is 4.35. The SMILES string of the molecule is Nc1ncc(-c2ccc3c(c2)OCO3)nc1Nc1ccc2[nH]ccc2c1. The molecular formula is C19H15N5O2. The maximum absolute atomic E-state index is 6.01. The lowest BCUT2D eigenvalue weighted by Gasteiger charge is -2.10. The normalized spacial score (nSPS) is 12.5. The number of hydrogen-bond donors (Lipinski definition) is 3. The highest BCUT2D eigenvalue weighted by Crippen LogP contribution is 2.36. The van der Waals surface area contributed by atoms with Crippen molar-refractivity contribution in [2.75, 3.05) is 17.8 Å². The third kappa shape index (κ3) is 2.46. The summed E-state index contributed by atoms with van der Waals surface area (Å²) in [5.41, 5.74) is 9.55. The molecule has 0 bridgehead atoms.